The number of carbonyl (C=O) groups is 3. The molecule has 0 fully saturated rings. The van der Waals surface area contributed by atoms with Crippen LogP contribution in [-0.2, 0) is 19.1 Å². The van der Waals surface area contributed by atoms with Gasteiger partial charge in [-0.15, -0.1) is 0 Å². The standard InChI is InChI=1S/C20H20N2O6/c1-13(23)21-16(14-5-3-2-4-6-14)10-20(25)26-11-19(24)22-15-7-8-17-18(9-15)28-12-27-17/h2-9,16H,10-12H2,1H3,(H,21,23)(H,22,24)/t16-/m1/s1. The Bertz CT molecular complexity index is 868. The summed E-state index contributed by atoms with van der Waals surface area (Å²) in [5.74, 6) is -0.196. The van der Waals surface area contributed by atoms with Crippen LogP contribution in [0.4, 0.5) is 5.69 Å². The van der Waals surface area contributed by atoms with Gasteiger partial charge in [-0.05, 0) is 17.7 Å². The second-order valence-electron chi connectivity index (χ2n) is 6.14. The van der Waals surface area contributed by atoms with Gasteiger partial charge in [0.05, 0.1) is 12.5 Å². The Morgan fingerprint density at radius 2 is 1.82 bits per heavy atom. The number of nitrogens with one attached hydrogen (secondary N) is 2. The number of rotatable bonds is 7. The topological polar surface area (TPSA) is 103 Å². The van der Waals surface area contributed by atoms with E-state index in [0.29, 0.717) is 17.2 Å². The third kappa shape index (κ3) is 5.23. The fourth-order valence-corrected chi connectivity index (χ4v) is 2.73. The first kappa shape index (κ1) is 19.2. The maximum atomic E-state index is 12.1. The lowest BCUT2D eigenvalue weighted by atomic mass is 10.0. The molecular weight excluding hydrogens is 364 g/mol. The molecule has 28 heavy (non-hydrogen) atoms. The number of benzene rings is 2. The number of hydrogen-bond acceptors (Lipinski definition) is 6. The van der Waals surface area contributed by atoms with Crippen LogP contribution in [0.25, 0.3) is 0 Å². The van der Waals surface area contributed by atoms with Crippen LogP contribution in [-0.4, -0.2) is 31.2 Å². The van der Waals surface area contributed by atoms with E-state index in [1.807, 2.05) is 18.2 Å². The van der Waals surface area contributed by atoms with Crippen LogP contribution >= 0.6 is 0 Å². The van der Waals surface area contributed by atoms with E-state index in [4.69, 9.17) is 14.2 Å². The summed E-state index contributed by atoms with van der Waals surface area (Å²) in [5.41, 5.74) is 1.28. The van der Waals surface area contributed by atoms with E-state index < -0.39 is 24.5 Å². The van der Waals surface area contributed by atoms with Crippen molar-refractivity contribution in [3.8, 4) is 11.5 Å². The van der Waals surface area contributed by atoms with Gasteiger partial charge < -0.3 is 24.8 Å². The van der Waals surface area contributed by atoms with Crippen molar-refractivity contribution >= 4 is 23.5 Å². The first-order chi connectivity index (χ1) is 13.5. The Labute approximate surface area is 161 Å². The predicted molar refractivity (Wildman–Crippen MR) is 99.8 cm³/mol. The molecule has 2 aromatic carbocycles. The van der Waals surface area contributed by atoms with E-state index >= 15 is 0 Å². The highest BCUT2D eigenvalue weighted by Crippen LogP contribution is 2.34. The molecule has 2 N–H and O–H groups in total. The lowest BCUT2D eigenvalue weighted by Crippen LogP contribution is -2.29. The maximum absolute atomic E-state index is 12.1. The molecule has 146 valence electrons. The van der Waals surface area contributed by atoms with Crippen molar-refractivity contribution in [2.75, 3.05) is 18.7 Å². The van der Waals surface area contributed by atoms with Crippen molar-refractivity contribution in [3.05, 3.63) is 54.1 Å². The van der Waals surface area contributed by atoms with Crippen molar-refractivity contribution in [2.45, 2.75) is 19.4 Å². The molecule has 3 rings (SSSR count). The molecule has 0 saturated carbocycles. The zero-order chi connectivity index (χ0) is 19.9. The fraction of sp³-hybridized carbons (Fsp3) is 0.250. The smallest absolute Gasteiger partial charge is 0.308 e. The van der Waals surface area contributed by atoms with Crippen LogP contribution in [0.1, 0.15) is 24.9 Å². The molecule has 1 heterocycles. The van der Waals surface area contributed by atoms with Gasteiger partial charge in [0.25, 0.3) is 5.91 Å². The predicted octanol–water partition coefficient (Wildman–Crippen LogP) is 2.16. The van der Waals surface area contributed by atoms with Crippen molar-refractivity contribution in [3.63, 3.8) is 0 Å². The lowest BCUT2D eigenvalue weighted by Gasteiger charge is -2.17. The second-order valence-corrected chi connectivity index (χ2v) is 6.14. The molecule has 1 atom stereocenters. The van der Waals surface area contributed by atoms with Crippen molar-refractivity contribution < 1.29 is 28.6 Å². The van der Waals surface area contributed by atoms with E-state index in [2.05, 4.69) is 10.6 Å². The highest BCUT2D eigenvalue weighted by molar-refractivity contribution is 5.93. The monoisotopic (exact) mass is 384 g/mol. The maximum Gasteiger partial charge on any atom is 0.308 e. The molecule has 0 aliphatic carbocycles. The Hall–Kier alpha value is -3.55. The molecule has 0 aromatic heterocycles. The Morgan fingerprint density at radius 3 is 2.57 bits per heavy atom. The van der Waals surface area contributed by atoms with E-state index in [-0.39, 0.29) is 19.1 Å². The third-order valence-electron chi connectivity index (χ3n) is 3.97. The fourth-order valence-electron chi connectivity index (χ4n) is 2.73. The Morgan fingerprint density at radius 1 is 1.07 bits per heavy atom. The van der Waals surface area contributed by atoms with E-state index in [1.54, 1.807) is 30.3 Å². The first-order valence-corrected chi connectivity index (χ1v) is 8.68. The van der Waals surface area contributed by atoms with Gasteiger partial charge in [-0.1, -0.05) is 30.3 Å². The normalized spacial score (nSPS) is 12.8. The van der Waals surface area contributed by atoms with Crippen LogP contribution in [0.2, 0.25) is 0 Å². The molecule has 0 bridgehead atoms. The van der Waals surface area contributed by atoms with Crippen LogP contribution in [0.3, 0.4) is 0 Å². The van der Waals surface area contributed by atoms with Gasteiger partial charge in [0.2, 0.25) is 12.7 Å². The summed E-state index contributed by atoms with van der Waals surface area (Å²) in [6.45, 7) is 1.08. The van der Waals surface area contributed by atoms with Gasteiger partial charge in [-0.25, -0.2) is 0 Å². The minimum atomic E-state index is -0.594. The minimum Gasteiger partial charge on any atom is -0.455 e. The number of esters is 1. The largest absolute Gasteiger partial charge is 0.455 e. The summed E-state index contributed by atoms with van der Waals surface area (Å²) in [7, 11) is 0. The van der Waals surface area contributed by atoms with E-state index in [1.165, 1.54) is 6.92 Å². The van der Waals surface area contributed by atoms with Crippen LogP contribution in [0.5, 0.6) is 11.5 Å². The van der Waals surface area contributed by atoms with Crippen LogP contribution in [0, 0.1) is 0 Å². The summed E-state index contributed by atoms with van der Waals surface area (Å²) in [4.78, 5) is 35.6. The number of amides is 2. The summed E-state index contributed by atoms with van der Waals surface area (Å²) in [6, 6.07) is 13.5. The van der Waals surface area contributed by atoms with Crippen molar-refractivity contribution in [1.82, 2.24) is 5.32 Å². The number of anilines is 1. The molecule has 1 aliphatic rings. The molecule has 0 radical (unpaired) electrons. The van der Waals surface area contributed by atoms with Crippen molar-refractivity contribution in [1.29, 1.82) is 0 Å². The van der Waals surface area contributed by atoms with Gasteiger partial charge in [0, 0.05) is 18.7 Å². The summed E-state index contributed by atoms with van der Waals surface area (Å²) >= 11 is 0. The zero-order valence-electron chi connectivity index (χ0n) is 15.3. The Kier molecular flexibility index (Phi) is 6.11. The van der Waals surface area contributed by atoms with Gasteiger partial charge in [-0.2, -0.15) is 0 Å². The number of ether oxygens (including phenoxy) is 3. The molecule has 0 unspecified atom stereocenters. The molecule has 2 amide bonds. The van der Waals surface area contributed by atoms with Gasteiger partial charge >= 0.3 is 5.97 Å². The molecule has 0 saturated heterocycles. The molecule has 8 nitrogen and oxygen atoms in total. The van der Waals surface area contributed by atoms with E-state index in [0.717, 1.165) is 5.56 Å². The van der Waals surface area contributed by atoms with Crippen LogP contribution in [0.15, 0.2) is 48.5 Å². The van der Waals surface area contributed by atoms with Gasteiger partial charge in [0.15, 0.2) is 18.1 Å². The minimum absolute atomic E-state index is 0.0824. The van der Waals surface area contributed by atoms with Crippen LogP contribution < -0.4 is 20.1 Å². The summed E-state index contributed by atoms with van der Waals surface area (Å²) < 4.78 is 15.5. The zero-order valence-corrected chi connectivity index (χ0v) is 15.3. The Balaban J connectivity index is 1.51. The molecular formula is C20H20N2O6. The number of fused-ring (bicyclic) bond motifs is 1. The lowest BCUT2D eigenvalue weighted by molar-refractivity contribution is -0.148. The van der Waals surface area contributed by atoms with Crippen molar-refractivity contribution in [2.24, 2.45) is 0 Å². The molecule has 2 aromatic rings. The number of carbonyl (C=O) groups excluding carboxylic acids is 3. The highest BCUT2D eigenvalue weighted by Gasteiger charge is 2.19. The summed E-state index contributed by atoms with van der Waals surface area (Å²) in [6.07, 6.45) is -0.0824. The summed E-state index contributed by atoms with van der Waals surface area (Å²) in [5, 5.41) is 5.34. The molecule has 1 aliphatic heterocycles. The first-order valence-electron chi connectivity index (χ1n) is 8.68. The quantitative estimate of drug-likeness (QED) is 0.709. The number of hydrogen-bond donors (Lipinski definition) is 2. The average molecular weight is 384 g/mol. The van der Waals surface area contributed by atoms with Gasteiger partial charge in [0.1, 0.15) is 0 Å². The molecule has 8 heteroatoms. The van der Waals surface area contributed by atoms with Gasteiger partial charge in [-0.3, -0.25) is 14.4 Å². The SMILES string of the molecule is CC(=O)N[C@H](CC(=O)OCC(=O)Nc1ccc2c(c1)OCO2)c1ccccc1. The second kappa shape index (κ2) is 8.90. The third-order valence-corrected chi connectivity index (χ3v) is 3.97. The molecule has 0 spiro atoms. The average Bonchev–Trinajstić information content (AvgIpc) is 3.14. The van der Waals surface area contributed by atoms with E-state index in [9.17, 15) is 14.4 Å². The highest BCUT2D eigenvalue weighted by atomic mass is 16.7.